The van der Waals surface area contributed by atoms with Gasteiger partial charge in [0, 0.05) is 17.3 Å². The molecule has 4 nitrogen and oxygen atoms in total. The van der Waals surface area contributed by atoms with E-state index in [2.05, 4.69) is 26.1 Å². The second kappa shape index (κ2) is 6.81. The Hall–Kier alpha value is -2.46. The molecule has 0 unspecified atom stereocenters. The van der Waals surface area contributed by atoms with Gasteiger partial charge in [0.2, 0.25) is 0 Å². The van der Waals surface area contributed by atoms with Crippen molar-refractivity contribution in [2.45, 2.75) is 26.3 Å². The molecule has 1 N–H and O–H groups in total. The lowest BCUT2D eigenvalue weighted by molar-refractivity contribution is 0.414. The second-order valence-electron chi connectivity index (χ2n) is 6.87. The Morgan fingerprint density at radius 3 is 2.60 bits per heavy atom. The molecular formula is C20H22ClN3O. The third-order valence-electron chi connectivity index (χ3n) is 3.66. The number of pyridine rings is 1. The Morgan fingerprint density at radius 1 is 1.12 bits per heavy atom. The lowest BCUT2D eigenvalue weighted by Gasteiger charge is -2.22. The van der Waals surface area contributed by atoms with E-state index in [1.54, 1.807) is 7.11 Å². The van der Waals surface area contributed by atoms with E-state index in [1.165, 1.54) is 0 Å². The Kier molecular flexibility index (Phi) is 4.73. The average molecular weight is 356 g/mol. The standard InChI is InChI=1S/C20H22ClN3O/c1-20(2,3)23-19-16(22-18-12-10-15(21)13-24(18)19)11-9-14-7-5-6-8-17(14)25-4/h5-13,23H,1-4H3. The first-order valence-electron chi connectivity index (χ1n) is 8.14. The molecule has 0 bridgehead atoms. The van der Waals surface area contributed by atoms with Gasteiger partial charge in [0.1, 0.15) is 22.9 Å². The van der Waals surface area contributed by atoms with Crippen LogP contribution in [0.3, 0.4) is 0 Å². The van der Waals surface area contributed by atoms with Crippen LogP contribution in [0.4, 0.5) is 5.82 Å². The zero-order chi connectivity index (χ0) is 18.0. The molecule has 0 saturated carbocycles. The summed E-state index contributed by atoms with van der Waals surface area (Å²) in [4.78, 5) is 4.72. The second-order valence-corrected chi connectivity index (χ2v) is 7.31. The van der Waals surface area contributed by atoms with E-state index in [9.17, 15) is 0 Å². The lowest BCUT2D eigenvalue weighted by Crippen LogP contribution is -2.27. The summed E-state index contributed by atoms with van der Waals surface area (Å²) in [6, 6.07) is 11.7. The van der Waals surface area contributed by atoms with Gasteiger partial charge in [-0.3, -0.25) is 4.40 Å². The highest BCUT2D eigenvalue weighted by Gasteiger charge is 2.17. The molecule has 130 valence electrons. The number of anilines is 1. The number of aromatic nitrogens is 2. The van der Waals surface area contributed by atoms with Crippen molar-refractivity contribution in [3.05, 3.63) is 58.9 Å². The van der Waals surface area contributed by atoms with E-state index in [-0.39, 0.29) is 5.54 Å². The predicted molar refractivity (Wildman–Crippen MR) is 105 cm³/mol. The highest BCUT2D eigenvalue weighted by atomic mass is 35.5. The summed E-state index contributed by atoms with van der Waals surface area (Å²) in [6.07, 6.45) is 5.88. The molecular weight excluding hydrogens is 334 g/mol. The number of nitrogens with one attached hydrogen (secondary N) is 1. The Bertz CT molecular complexity index is 922. The van der Waals surface area contributed by atoms with Gasteiger partial charge in [0.25, 0.3) is 0 Å². The van der Waals surface area contributed by atoms with Gasteiger partial charge in [-0.05, 0) is 51.1 Å². The van der Waals surface area contributed by atoms with Crippen LogP contribution < -0.4 is 10.1 Å². The molecule has 0 fully saturated rings. The van der Waals surface area contributed by atoms with Crippen LogP contribution in [0.5, 0.6) is 5.75 Å². The maximum atomic E-state index is 6.17. The maximum Gasteiger partial charge on any atom is 0.139 e. The van der Waals surface area contributed by atoms with Gasteiger partial charge in [-0.2, -0.15) is 0 Å². The summed E-state index contributed by atoms with van der Waals surface area (Å²) >= 11 is 6.17. The highest BCUT2D eigenvalue weighted by molar-refractivity contribution is 6.30. The number of imidazole rings is 1. The average Bonchev–Trinajstić information content (AvgIpc) is 2.88. The molecule has 3 aromatic rings. The number of para-hydroxylation sites is 1. The zero-order valence-corrected chi connectivity index (χ0v) is 15.6. The highest BCUT2D eigenvalue weighted by Crippen LogP contribution is 2.27. The molecule has 0 saturated heterocycles. The van der Waals surface area contributed by atoms with Crippen LogP contribution >= 0.6 is 11.6 Å². The van der Waals surface area contributed by atoms with Crippen molar-refractivity contribution in [1.82, 2.24) is 9.38 Å². The zero-order valence-electron chi connectivity index (χ0n) is 14.9. The van der Waals surface area contributed by atoms with E-state index >= 15 is 0 Å². The summed E-state index contributed by atoms with van der Waals surface area (Å²) in [7, 11) is 1.67. The fourth-order valence-electron chi connectivity index (χ4n) is 2.61. The molecule has 0 radical (unpaired) electrons. The van der Waals surface area contributed by atoms with E-state index < -0.39 is 0 Å². The molecule has 1 aromatic carbocycles. The first kappa shape index (κ1) is 17.4. The Labute approximate surface area is 153 Å². The van der Waals surface area contributed by atoms with Gasteiger partial charge in [-0.25, -0.2) is 4.98 Å². The van der Waals surface area contributed by atoms with Crippen LogP contribution in [0.15, 0.2) is 42.6 Å². The predicted octanol–water partition coefficient (Wildman–Crippen LogP) is 5.38. The van der Waals surface area contributed by atoms with Crippen LogP contribution in [0.1, 0.15) is 32.0 Å². The fourth-order valence-corrected chi connectivity index (χ4v) is 2.77. The van der Waals surface area contributed by atoms with E-state index in [4.69, 9.17) is 21.3 Å². The first-order chi connectivity index (χ1) is 11.9. The van der Waals surface area contributed by atoms with Gasteiger partial charge < -0.3 is 10.1 Å². The van der Waals surface area contributed by atoms with E-state index in [0.717, 1.165) is 28.5 Å². The van der Waals surface area contributed by atoms with Gasteiger partial charge in [-0.1, -0.05) is 29.8 Å². The van der Waals surface area contributed by atoms with Crippen LogP contribution in [0.2, 0.25) is 5.02 Å². The molecule has 0 aliphatic heterocycles. The van der Waals surface area contributed by atoms with E-state index in [1.807, 2.05) is 59.1 Å². The maximum absolute atomic E-state index is 6.17. The van der Waals surface area contributed by atoms with Crippen LogP contribution in [0.25, 0.3) is 17.8 Å². The number of benzene rings is 1. The summed E-state index contributed by atoms with van der Waals surface area (Å²) in [5, 5.41) is 4.19. The molecule has 0 amide bonds. The fraction of sp³-hybridized carbons (Fsp3) is 0.250. The Balaban J connectivity index is 2.08. The quantitative estimate of drug-likeness (QED) is 0.683. The molecule has 0 aliphatic rings. The number of methoxy groups -OCH3 is 1. The van der Waals surface area contributed by atoms with Crippen molar-refractivity contribution in [1.29, 1.82) is 0 Å². The number of nitrogens with zero attached hydrogens (tertiary/aromatic N) is 2. The SMILES string of the molecule is COc1ccccc1C=Cc1nc2ccc(Cl)cn2c1NC(C)(C)C. The van der Waals surface area contributed by atoms with Crippen molar-refractivity contribution in [2.24, 2.45) is 0 Å². The molecule has 2 heterocycles. The minimum Gasteiger partial charge on any atom is -0.496 e. The van der Waals surface area contributed by atoms with Gasteiger partial charge >= 0.3 is 0 Å². The van der Waals surface area contributed by atoms with Gasteiger partial charge in [0.15, 0.2) is 0 Å². The van der Waals surface area contributed by atoms with Crippen molar-refractivity contribution >= 4 is 35.2 Å². The molecule has 5 heteroatoms. The number of halogens is 1. The topological polar surface area (TPSA) is 38.6 Å². The van der Waals surface area contributed by atoms with Gasteiger partial charge in [0.05, 0.1) is 12.1 Å². The summed E-state index contributed by atoms with van der Waals surface area (Å²) < 4.78 is 7.39. The number of hydrogen-bond acceptors (Lipinski definition) is 3. The lowest BCUT2D eigenvalue weighted by atomic mass is 10.1. The molecule has 0 aliphatic carbocycles. The van der Waals surface area contributed by atoms with Crippen molar-refractivity contribution in [3.63, 3.8) is 0 Å². The number of fused-ring (bicyclic) bond motifs is 1. The van der Waals surface area contributed by atoms with Crippen LogP contribution in [-0.4, -0.2) is 22.0 Å². The van der Waals surface area contributed by atoms with Crippen molar-refractivity contribution < 1.29 is 4.74 Å². The third-order valence-corrected chi connectivity index (χ3v) is 3.89. The van der Waals surface area contributed by atoms with Crippen molar-refractivity contribution in [2.75, 3.05) is 12.4 Å². The number of rotatable bonds is 4. The molecule has 3 rings (SSSR count). The summed E-state index contributed by atoms with van der Waals surface area (Å²) in [5.41, 5.74) is 2.59. The monoisotopic (exact) mass is 355 g/mol. The summed E-state index contributed by atoms with van der Waals surface area (Å²) in [5.74, 6) is 1.74. The molecule has 25 heavy (non-hydrogen) atoms. The van der Waals surface area contributed by atoms with Crippen molar-refractivity contribution in [3.8, 4) is 5.75 Å². The number of ether oxygens (including phenoxy) is 1. The molecule has 2 aromatic heterocycles. The largest absolute Gasteiger partial charge is 0.496 e. The number of hydrogen-bond donors (Lipinski definition) is 1. The minimum atomic E-state index is -0.106. The molecule has 0 atom stereocenters. The smallest absolute Gasteiger partial charge is 0.139 e. The minimum absolute atomic E-state index is 0.106. The Morgan fingerprint density at radius 2 is 1.88 bits per heavy atom. The molecule has 0 spiro atoms. The van der Waals surface area contributed by atoms with Crippen LogP contribution in [0, 0.1) is 0 Å². The third kappa shape index (κ3) is 3.97. The van der Waals surface area contributed by atoms with Gasteiger partial charge in [-0.15, -0.1) is 0 Å². The first-order valence-corrected chi connectivity index (χ1v) is 8.52. The normalized spacial score (nSPS) is 12.0. The summed E-state index contributed by atoms with van der Waals surface area (Å²) in [6.45, 7) is 6.35. The van der Waals surface area contributed by atoms with E-state index in [0.29, 0.717) is 5.02 Å². The van der Waals surface area contributed by atoms with Crippen LogP contribution in [-0.2, 0) is 0 Å².